The lowest BCUT2D eigenvalue weighted by Gasteiger charge is -2.38. The van der Waals surface area contributed by atoms with Crippen LogP contribution in [0.1, 0.15) is 57.2 Å². The van der Waals surface area contributed by atoms with E-state index in [1.807, 2.05) is 20.8 Å². The fourth-order valence-corrected chi connectivity index (χ4v) is 3.36. The van der Waals surface area contributed by atoms with E-state index in [2.05, 4.69) is 16.7 Å². The predicted molar refractivity (Wildman–Crippen MR) is 98.0 cm³/mol. The molecule has 3 nitrogen and oxygen atoms in total. The minimum atomic E-state index is -4.37. The maximum atomic E-state index is 12.8. The first-order valence-corrected chi connectivity index (χ1v) is 9.09. The Labute approximate surface area is 158 Å². The van der Waals surface area contributed by atoms with Gasteiger partial charge in [-0.3, -0.25) is 9.69 Å². The van der Waals surface area contributed by atoms with Gasteiger partial charge in [0.1, 0.15) is 0 Å². The Kier molecular flexibility index (Phi) is 6.59. The number of alkyl halides is 3. The molecule has 1 aliphatic rings. The topological polar surface area (TPSA) is 40.5 Å². The van der Waals surface area contributed by atoms with Gasteiger partial charge in [-0.15, -0.1) is 0 Å². The van der Waals surface area contributed by atoms with Crippen LogP contribution < -0.4 is 0 Å². The number of aliphatic carboxylic acids is 1. The molecule has 1 fully saturated rings. The van der Waals surface area contributed by atoms with Gasteiger partial charge in [-0.25, -0.2) is 0 Å². The second-order valence-corrected chi connectivity index (χ2v) is 8.15. The predicted octanol–water partition coefficient (Wildman–Crippen LogP) is 4.98. The molecular weight excluding hydrogens is 355 g/mol. The van der Waals surface area contributed by atoms with Gasteiger partial charge in [0.15, 0.2) is 0 Å². The summed E-state index contributed by atoms with van der Waals surface area (Å²) in [6.45, 7) is 7.26. The third kappa shape index (κ3) is 6.59. The molecule has 0 aliphatic carbocycles. The molecule has 0 radical (unpaired) electrons. The average Bonchev–Trinajstić information content (AvgIpc) is 2.53. The molecule has 0 aromatic heterocycles. The first-order valence-electron chi connectivity index (χ1n) is 9.09. The molecule has 6 heteroatoms. The van der Waals surface area contributed by atoms with Crippen LogP contribution in [0.15, 0.2) is 24.3 Å². The van der Waals surface area contributed by atoms with Gasteiger partial charge in [0.05, 0.1) is 12.1 Å². The van der Waals surface area contributed by atoms with Crippen LogP contribution in [0.5, 0.6) is 0 Å². The van der Waals surface area contributed by atoms with E-state index < -0.39 is 17.7 Å². The Morgan fingerprint density at radius 1 is 1.22 bits per heavy atom. The zero-order valence-corrected chi connectivity index (χ0v) is 15.9. The summed E-state index contributed by atoms with van der Waals surface area (Å²) >= 11 is 0. The lowest BCUT2D eigenvalue weighted by Crippen LogP contribution is -2.37. The van der Waals surface area contributed by atoms with Gasteiger partial charge in [0.25, 0.3) is 0 Å². The molecule has 0 spiro atoms. The highest BCUT2D eigenvalue weighted by Crippen LogP contribution is 2.37. The van der Waals surface area contributed by atoms with Crippen molar-refractivity contribution in [1.29, 1.82) is 0 Å². The Morgan fingerprint density at radius 2 is 1.85 bits per heavy atom. The minimum absolute atomic E-state index is 0.0154. The molecule has 2 atom stereocenters. The standard InChI is InChI=1S/C21H26F3NO2/c1-20(2,3)10-4-11-25-12-9-15(14-19(26)27)13-18(25)16-5-7-17(8-6-16)21(22,23)24/h5-8,15,18H,9,11-14H2,1-3H3,(H,26,27). The second kappa shape index (κ2) is 8.35. The van der Waals surface area contributed by atoms with Crippen LogP contribution >= 0.6 is 0 Å². The molecule has 148 valence electrons. The highest BCUT2D eigenvalue weighted by atomic mass is 19.4. The Bertz CT molecular complexity index is 708. The Hall–Kier alpha value is -2.00. The zero-order valence-electron chi connectivity index (χ0n) is 15.9. The number of nitrogens with zero attached hydrogens (tertiary/aromatic N) is 1. The van der Waals surface area contributed by atoms with E-state index >= 15 is 0 Å². The Morgan fingerprint density at radius 3 is 2.37 bits per heavy atom. The van der Waals surface area contributed by atoms with Gasteiger partial charge in [0, 0.05) is 17.9 Å². The maximum absolute atomic E-state index is 12.8. The fraction of sp³-hybridized carbons (Fsp3) is 0.571. The number of likely N-dealkylation sites (tertiary alicyclic amines) is 1. The van der Waals surface area contributed by atoms with Crippen LogP contribution in [0.2, 0.25) is 0 Å². The van der Waals surface area contributed by atoms with Crippen LogP contribution in [0, 0.1) is 23.2 Å². The van der Waals surface area contributed by atoms with E-state index in [0.717, 1.165) is 24.1 Å². The summed E-state index contributed by atoms with van der Waals surface area (Å²) in [5, 5.41) is 9.08. The summed E-state index contributed by atoms with van der Waals surface area (Å²) in [6, 6.07) is 5.06. The van der Waals surface area contributed by atoms with Crippen molar-refractivity contribution in [1.82, 2.24) is 4.90 Å². The quantitative estimate of drug-likeness (QED) is 0.748. The van der Waals surface area contributed by atoms with Crippen molar-refractivity contribution in [2.24, 2.45) is 11.3 Å². The monoisotopic (exact) mass is 381 g/mol. The number of hydrogen-bond acceptors (Lipinski definition) is 2. The Balaban J connectivity index is 2.22. The van der Waals surface area contributed by atoms with Crippen molar-refractivity contribution in [2.75, 3.05) is 13.1 Å². The van der Waals surface area contributed by atoms with E-state index in [9.17, 15) is 18.0 Å². The molecular formula is C21H26F3NO2. The molecule has 1 aliphatic heterocycles. The average molecular weight is 381 g/mol. The number of carboxylic acids is 1. The summed E-state index contributed by atoms with van der Waals surface area (Å²) < 4.78 is 38.5. The van der Waals surface area contributed by atoms with Crippen LogP contribution in [-0.2, 0) is 11.0 Å². The van der Waals surface area contributed by atoms with E-state index in [1.54, 1.807) is 0 Å². The van der Waals surface area contributed by atoms with E-state index in [1.165, 1.54) is 12.1 Å². The summed E-state index contributed by atoms with van der Waals surface area (Å²) in [6.07, 6.45) is -2.93. The van der Waals surface area contributed by atoms with Crippen LogP contribution in [0.4, 0.5) is 13.2 Å². The van der Waals surface area contributed by atoms with Gasteiger partial charge in [-0.2, -0.15) is 13.2 Å². The summed E-state index contributed by atoms with van der Waals surface area (Å²) in [5.41, 5.74) is -0.0234. The van der Waals surface area contributed by atoms with Crippen LogP contribution in [0.25, 0.3) is 0 Å². The zero-order chi connectivity index (χ0) is 20.2. The third-order valence-corrected chi connectivity index (χ3v) is 4.65. The highest BCUT2D eigenvalue weighted by molar-refractivity contribution is 5.67. The lowest BCUT2D eigenvalue weighted by atomic mass is 9.85. The molecule has 1 aromatic rings. The third-order valence-electron chi connectivity index (χ3n) is 4.65. The van der Waals surface area contributed by atoms with Crippen molar-refractivity contribution in [3.63, 3.8) is 0 Å². The van der Waals surface area contributed by atoms with Crippen molar-refractivity contribution < 1.29 is 23.1 Å². The molecule has 2 rings (SSSR count). The molecule has 1 aromatic carbocycles. The SMILES string of the molecule is CC(C)(C)C#CCN1CCC(CC(=O)O)CC1c1ccc(C(F)(F)F)cc1. The van der Waals surface area contributed by atoms with Gasteiger partial charge >= 0.3 is 12.1 Å². The lowest BCUT2D eigenvalue weighted by molar-refractivity contribution is -0.139. The number of carbonyl (C=O) groups is 1. The van der Waals surface area contributed by atoms with Gasteiger partial charge < -0.3 is 5.11 Å². The molecule has 1 heterocycles. The van der Waals surface area contributed by atoms with Crippen LogP contribution in [-0.4, -0.2) is 29.1 Å². The maximum Gasteiger partial charge on any atom is 0.416 e. The second-order valence-electron chi connectivity index (χ2n) is 8.15. The van der Waals surface area contributed by atoms with Crippen molar-refractivity contribution in [3.05, 3.63) is 35.4 Å². The number of halogens is 3. The van der Waals surface area contributed by atoms with Crippen molar-refractivity contribution >= 4 is 5.97 Å². The molecule has 1 N–H and O–H groups in total. The molecule has 0 amide bonds. The minimum Gasteiger partial charge on any atom is -0.481 e. The summed E-state index contributed by atoms with van der Waals surface area (Å²) in [5.74, 6) is 5.52. The van der Waals surface area contributed by atoms with Crippen LogP contribution in [0.3, 0.4) is 0 Å². The number of rotatable bonds is 4. The van der Waals surface area contributed by atoms with E-state index in [0.29, 0.717) is 19.5 Å². The number of piperidine rings is 1. The number of benzene rings is 1. The van der Waals surface area contributed by atoms with Crippen molar-refractivity contribution in [2.45, 2.75) is 52.3 Å². The normalized spacial score (nSPS) is 21.4. The molecule has 2 unspecified atom stereocenters. The summed E-state index contributed by atoms with van der Waals surface area (Å²) in [7, 11) is 0. The van der Waals surface area contributed by atoms with Gasteiger partial charge in [0.2, 0.25) is 0 Å². The number of hydrogen-bond donors (Lipinski definition) is 1. The first-order chi connectivity index (χ1) is 12.5. The van der Waals surface area contributed by atoms with Gasteiger partial charge in [-0.1, -0.05) is 24.0 Å². The largest absolute Gasteiger partial charge is 0.481 e. The molecule has 27 heavy (non-hydrogen) atoms. The highest BCUT2D eigenvalue weighted by Gasteiger charge is 2.33. The molecule has 1 saturated heterocycles. The first kappa shape index (κ1) is 21.3. The number of carboxylic acid groups (broad SMARTS) is 1. The van der Waals surface area contributed by atoms with E-state index in [4.69, 9.17) is 5.11 Å². The molecule has 0 saturated carbocycles. The smallest absolute Gasteiger partial charge is 0.416 e. The summed E-state index contributed by atoms with van der Waals surface area (Å²) in [4.78, 5) is 13.2. The molecule has 0 bridgehead atoms. The fourth-order valence-electron chi connectivity index (χ4n) is 3.36. The van der Waals surface area contributed by atoms with Crippen molar-refractivity contribution in [3.8, 4) is 11.8 Å². The van der Waals surface area contributed by atoms with Gasteiger partial charge in [-0.05, 0) is 63.8 Å². The van der Waals surface area contributed by atoms with E-state index in [-0.39, 0.29) is 23.8 Å².